The SMILES string of the molecule is O=C(O)CCCC=CC[C@@H]1[C@@H](CCSCCOc2ccccc2)[C@@H]2CC[C@H]1O2. The number of carbonyl (C=O) groups is 1. The lowest BCUT2D eigenvalue weighted by atomic mass is 9.76. The van der Waals surface area contributed by atoms with Gasteiger partial charge < -0.3 is 14.6 Å². The molecule has 28 heavy (non-hydrogen) atoms. The Morgan fingerprint density at radius 1 is 1.14 bits per heavy atom. The summed E-state index contributed by atoms with van der Waals surface area (Å²) in [6, 6.07) is 9.99. The normalized spacial score (nSPS) is 26.1. The molecule has 0 radical (unpaired) electrons. The molecule has 2 bridgehead atoms. The van der Waals surface area contributed by atoms with E-state index in [1.54, 1.807) is 0 Å². The van der Waals surface area contributed by atoms with Crippen LogP contribution < -0.4 is 4.74 Å². The summed E-state index contributed by atoms with van der Waals surface area (Å²) < 4.78 is 12.0. The molecule has 4 atom stereocenters. The van der Waals surface area contributed by atoms with Gasteiger partial charge >= 0.3 is 5.97 Å². The van der Waals surface area contributed by atoms with Gasteiger partial charge in [-0.25, -0.2) is 0 Å². The van der Waals surface area contributed by atoms with Crippen molar-refractivity contribution in [3.63, 3.8) is 0 Å². The van der Waals surface area contributed by atoms with E-state index in [1.165, 1.54) is 19.3 Å². The molecule has 1 aromatic rings. The fourth-order valence-corrected chi connectivity index (χ4v) is 5.24. The smallest absolute Gasteiger partial charge is 0.303 e. The highest BCUT2D eigenvalue weighted by Crippen LogP contribution is 2.47. The molecule has 4 nitrogen and oxygen atoms in total. The van der Waals surface area contributed by atoms with Crippen molar-refractivity contribution in [1.82, 2.24) is 0 Å². The number of thioether (sulfide) groups is 1. The first-order valence-electron chi connectivity index (χ1n) is 10.5. The minimum Gasteiger partial charge on any atom is -0.493 e. The number of carboxylic acid groups (broad SMARTS) is 1. The summed E-state index contributed by atoms with van der Waals surface area (Å²) in [4.78, 5) is 10.6. The number of rotatable bonds is 13. The molecule has 0 amide bonds. The summed E-state index contributed by atoms with van der Waals surface area (Å²) >= 11 is 1.97. The summed E-state index contributed by atoms with van der Waals surface area (Å²) in [6.07, 6.45) is 11.9. The lowest BCUT2D eigenvalue weighted by molar-refractivity contribution is -0.137. The summed E-state index contributed by atoms with van der Waals surface area (Å²) in [5.41, 5.74) is 0. The summed E-state index contributed by atoms with van der Waals surface area (Å²) in [5, 5.41) is 8.69. The molecular weight excluding hydrogens is 372 g/mol. The van der Waals surface area contributed by atoms with Gasteiger partial charge in [0.1, 0.15) is 5.75 Å². The van der Waals surface area contributed by atoms with E-state index in [4.69, 9.17) is 14.6 Å². The first-order chi connectivity index (χ1) is 13.7. The summed E-state index contributed by atoms with van der Waals surface area (Å²) in [7, 11) is 0. The van der Waals surface area contributed by atoms with Crippen molar-refractivity contribution in [2.45, 2.75) is 57.2 Å². The molecular formula is C23H32O4S. The molecule has 3 rings (SSSR count). The average Bonchev–Trinajstić information content (AvgIpc) is 3.30. The first-order valence-corrected chi connectivity index (χ1v) is 11.7. The van der Waals surface area contributed by atoms with Crippen LogP contribution in [-0.4, -0.2) is 41.4 Å². The molecule has 1 aromatic carbocycles. The Morgan fingerprint density at radius 3 is 2.71 bits per heavy atom. The lowest BCUT2D eigenvalue weighted by Crippen LogP contribution is -2.27. The van der Waals surface area contributed by atoms with Crippen molar-refractivity contribution in [2.24, 2.45) is 11.8 Å². The minimum absolute atomic E-state index is 0.259. The largest absolute Gasteiger partial charge is 0.493 e. The van der Waals surface area contributed by atoms with Gasteiger partial charge in [0.15, 0.2) is 0 Å². The van der Waals surface area contributed by atoms with Crippen LogP contribution in [0.3, 0.4) is 0 Å². The van der Waals surface area contributed by atoms with Crippen LogP contribution in [0.2, 0.25) is 0 Å². The third kappa shape index (κ3) is 6.56. The Morgan fingerprint density at radius 2 is 1.93 bits per heavy atom. The maximum absolute atomic E-state index is 10.6. The van der Waals surface area contributed by atoms with Crippen molar-refractivity contribution >= 4 is 17.7 Å². The lowest BCUT2D eigenvalue weighted by Gasteiger charge is -2.27. The van der Waals surface area contributed by atoms with Gasteiger partial charge in [-0.3, -0.25) is 4.79 Å². The van der Waals surface area contributed by atoms with Crippen molar-refractivity contribution in [2.75, 3.05) is 18.1 Å². The molecule has 5 heteroatoms. The van der Waals surface area contributed by atoms with Gasteiger partial charge in [-0.2, -0.15) is 11.8 Å². The van der Waals surface area contributed by atoms with Gasteiger partial charge in [-0.1, -0.05) is 30.4 Å². The van der Waals surface area contributed by atoms with Crippen LogP contribution in [0.15, 0.2) is 42.5 Å². The maximum atomic E-state index is 10.6. The van der Waals surface area contributed by atoms with E-state index in [9.17, 15) is 4.79 Å². The number of fused-ring (bicyclic) bond motifs is 2. The molecule has 0 spiro atoms. The molecule has 2 saturated heterocycles. The number of aliphatic carboxylic acids is 1. The molecule has 154 valence electrons. The van der Waals surface area contributed by atoms with Crippen molar-refractivity contribution in [3.05, 3.63) is 42.5 Å². The highest BCUT2D eigenvalue weighted by atomic mass is 32.2. The average molecular weight is 405 g/mol. The number of ether oxygens (including phenoxy) is 2. The third-order valence-electron chi connectivity index (χ3n) is 5.76. The maximum Gasteiger partial charge on any atom is 0.303 e. The Labute approximate surface area is 172 Å². The van der Waals surface area contributed by atoms with Gasteiger partial charge in [-0.05, 0) is 68.2 Å². The van der Waals surface area contributed by atoms with E-state index in [-0.39, 0.29) is 6.42 Å². The van der Waals surface area contributed by atoms with E-state index in [1.807, 2.05) is 42.1 Å². The van der Waals surface area contributed by atoms with Gasteiger partial charge in [-0.15, -0.1) is 0 Å². The molecule has 0 unspecified atom stereocenters. The first kappa shape index (κ1) is 21.3. The predicted octanol–water partition coefficient (Wildman–Crippen LogP) is 5.18. The van der Waals surface area contributed by atoms with E-state index >= 15 is 0 Å². The van der Waals surface area contributed by atoms with Crippen LogP contribution in [0.4, 0.5) is 0 Å². The molecule has 0 aliphatic carbocycles. The van der Waals surface area contributed by atoms with Crippen molar-refractivity contribution in [1.29, 1.82) is 0 Å². The van der Waals surface area contributed by atoms with Crippen LogP contribution >= 0.6 is 11.8 Å². The van der Waals surface area contributed by atoms with Crippen molar-refractivity contribution < 1.29 is 19.4 Å². The Bertz CT molecular complexity index is 618. The van der Waals surface area contributed by atoms with E-state index in [0.717, 1.165) is 43.1 Å². The fraction of sp³-hybridized carbons (Fsp3) is 0.609. The fourth-order valence-electron chi connectivity index (χ4n) is 4.40. The van der Waals surface area contributed by atoms with Crippen LogP contribution in [0.25, 0.3) is 0 Å². The molecule has 2 aliphatic heterocycles. The standard InChI is InChI=1S/C23H32O4S/c24-23(25)11-7-2-1-6-10-19-20(22-13-12-21(19)27-22)14-16-28-17-15-26-18-8-4-3-5-9-18/h1,3-6,8-9,19-22H,2,7,10-17H2,(H,24,25)/t19-,20-,21-,22+/m1/s1. The number of allylic oxidation sites excluding steroid dienone is 2. The number of hydrogen-bond acceptors (Lipinski definition) is 4. The quantitative estimate of drug-likeness (QED) is 0.362. The summed E-state index contributed by atoms with van der Waals surface area (Å²) in [6.45, 7) is 0.754. The Balaban J connectivity index is 1.31. The van der Waals surface area contributed by atoms with Crippen LogP contribution in [0.1, 0.15) is 44.9 Å². The Kier molecular flexibility index (Phi) is 8.74. The highest BCUT2D eigenvalue weighted by molar-refractivity contribution is 7.99. The number of para-hydroxylation sites is 1. The zero-order chi connectivity index (χ0) is 19.6. The second kappa shape index (κ2) is 11.5. The Hall–Kier alpha value is -1.46. The van der Waals surface area contributed by atoms with Crippen LogP contribution in [0, 0.1) is 11.8 Å². The molecule has 0 saturated carbocycles. The number of benzene rings is 1. The van der Waals surface area contributed by atoms with Crippen LogP contribution in [-0.2, 0) is 9.53 Å². The molecule has 0 aromatic heterocycles. The van der Waals surface area contributed by atoms with Gasteiger partial charge in [0.25, 0.3) is 0 Å². The van der Waals surface area contributed by atoms with E-state index in [2.05, 4.69) is 12.2 Å². The topological polar surface area (TPSA) is 55.8 Å². The van der Waals surface area contributed by atoms with Crippen molar-refractivity contribution in [3.8, 4) is 5.75 Å². The second-order valence-electron chi connectivity index (χ2n) is 7.67. The van der Waals surface area contributed by atoms with Crippen LogP contribution in [0.5, 0.6) is 5.75 Å². The monoisotopic (exact) mass is 404 g/mol. The number of unbranched alkanes of at least 4 members (excludes halogenated alkanes) is 1. The van der Waals surface area contributed by atoms with Gasteiger partial charge in [0, 0.05) is 12.2 Å². The molecule has 2 aliphatic rings. The van der Waals surface area contributed by atoms with Gasteiger partial charge in [0.05, 0.1) is 18.8 Å². The van der Waals surface area contributed by atoms with E-state index in [0.29, 0.717) is 24.0 Å². The number of hydrogen-bond donors (Lipinski definition) is 1. The predicted molar refractivity (Wildman–Crippen MR) is 114 cm³/mol. The van der Waals surface area contributed by atoms with E-state index < -0.39 is 5.97 Å². The summed E-state index contributed by atoms with van der Waals surface area (Å²) in [5.74, 6) is 3.72. The highest BCUT2D eigenvalue weighted by Gasteiger charge is 2.47. The second-order valence-corrected chi connectivity index (χ2v) is 8.90. The molecule has 2 fully saturated rings. The zero-order valence-electron chi connectivity index (χ0n) is 16.5. The number of carboxylic acids is 1. The van der Waals surface area contributed by atoms with Gasteiger partial charge in [0.2, 0.25) is 0 Å². The minimum atomic E-state index is -0.707. The molecule has 1 N–H and O–H groups in total. The third-order valence-corrected chi connectivity index (χ3v) is 6.74. The zero-order valence-corrected chi connectivity index (χ0v) is 17.3. The molecule has 2 heterocycles.